The molecule has 2 aromatic carbocycles. The van der Waals surface area contributed by atoms with Gasteiger partial charge in [0.2, 0.25) is 16.9 Å². The van der Waals surface area contributed by atoms with E-state index >= 15 is 0 Å². The van der Waals surface area contributed by atoms with Crippen molar-refractivity contribution in [3.63, 3.8) is 0 Å². The molecule has 3 aromatic rings. The summed E-state index contributed by atoms with van der Waals surface area (Å²) in [7, 11) is 1.58. The first-order valence-electron chi connectivity index (χ1n) is 10.2. The molecule has 0 aliphatic heterocycles. The zero-order valence-electron chi connectivity index (χ0n) is 18.6. The van der Waals surface area contributed by atoms with Gasteiger partial charge >= 0.3 is 0 Å². The maximum absolute atomic E-state index is 12.6. The number of aromatic nitrogens is 2. The fourth-order valence-electron chi connectivity index (χ4n) is 3.53. The van der Waals surface area contributed by atoms with Crippen molar-refractivity contribution in [1.82, 2.24) is 10.2 Å². The molecule has 6 nitrogen and oxygen atoms in total. The summed E-state index contributed by atoms with van der Waals surface area (Å²) in [6.45, 7) is 3.71. The third kappa shape index (κ3) is 5.45. The first-order valence-corrected chi connectivity index (χ1v) is 11.5. The minimum atomic E-state index is -0.0438. The number of hydrogen-bond acceptors (Lipinski definition) is 7. The zero-order valence-corrected chi connectivity index (χ0v) is 19.5. The van der Waals surface area contributed by atoms with Gasteiger partial charge in [-0.25, -0.2) is 0 Å². The lowest BCUT2D eigenvalue weighted by Crippen LogP contribution is -2.02. The highest BCUT2D eigenvalue weighted by atomic mass is 32.2. The van der Waals surface area contributed by atoms with E-state index in [1.807, 2.05) is 31.2 Å². The van der Waals surface area contributed by atoms with Crippen molar-refractivity contribution >= 4 is 22.5 Å². The number of ether oxygens (including phenoxy) is 1. The number of nitriles is 1. The molecule has 32 heavy (non-hydrogen) atoms. The van der Waals surface area contributed by atoms with Gasteiger partial charge in [-0.05, 0) is 72.6 Å². The molecule has 0 N–H and O–H groups in total. The second-order valence-corrected chi connectivity index (χ2v) is 8.06. The summed E-state index contributed by atoms with van der Waals surface area (Å²) in [5, 5.41) is 17.0. The Labute approximate surface area is 192 Å². The van der Waals surface area contributed by atoms with E-state index in [9.17, 15) is 4.79 Å². The van der Waals surface area contributed by atoms with Crippen molar-refractivity contribution in [2.45, 2.75) is 33.1 Å². The van der Waals surface area contributed by atoms with Crippen molar-refractivity contribution in [2.24, 2.45) is 0 Å². The Morgan fingerprint density at radius 2 is 1.94 bits per heavy atom. The van der Waals surface area contributed by atoms with E-state index in [1.54, 1.807) is 32.4 Å². The van der Waals surface area contributed by atoms with Crippen LogP contribution in [0.5, 0.6) is 5.75 Å². The Morgan fingerprint density at radius 3 is 2.53 bits per heavy atom. The quantitative estimate of drug-likeness (QED) is 0.420. The van der Waals surface area contributed by atoms with Crippen LogP contribution in [0.25, 0.3) is 5.57 Å². The topological polar surface area (TPSA) is 89.0 Å². The summed E-state index contributed by atoms with van der Waals surface area (Å²) in [6.07, 6.45) is 6.23. The van der Waals surface area contributed by atoms with E-state index in [0.717, 1.165) is 46.9 Å². The second kappa shape index (κ2) is 10.8. The molecule has 0 unspecified atom stereocenters. The SMILES string of the molecule is COc1c(C)cc(/C(=C/CCCc2nnc(C)o2)c2ccc(C#N)cc2)cc1C(=O)SC. The molecule has 7 heteroatoms. The van der Waals surface area contributed by atoms with Crippen LogP contribution in [0.15, 0.2) is 46.9 Å². The summed E-state index contributed by atoms with van der Waals surface area (Å²) in [5.74, 6) is 1.79. The van der Waals surface area contributed by atoms with Crippen LogP contribution >= 0.6 is 11.8 Å². The molecule has 0 aliphatic carbocycles. The van der Waals surface area contributed by atoms with E-state index in [0.29, 0.717) is 35.1 Å². The molecular weight excluding hydrogens is 422 g/mol. The molecular formula is C25H25N3O3S. The molecule has 1 aromatic heterocycles. The Morgan fingerprint density at radius 1 is 1.19 bits per heavy atom. The van der Waals surface area contributed by atoms with Gasteiger partial charge in [0, 0.05) is 13.3 Å². The van der Waals surface area contributed by atoms with Crippen LogP contribution < -0.4 is 4.74 Å². The molecule has 0 bridgehead atoms. The molecule has 0 spiro atoms. The van der Waals surface area contributed by atoms with E-state index in [-0.39, 0.29) is 5.12 Å². The van der Waals surface area contributed by atoms with Gasteiger partial charge in [-0.15, -0.1) is 10.2 Å². The number of hydrogen-bond donors (Lipinski definition) is 0. The van der Waals surface area contributed by atoms with Crippen molar-refractivity contribution < 1.29 is 13.9 Å². The maximum atomic E-state index is 12.6. The average Bonchev–Trinajstić information content (AvgIpc) is 3.23. The van der Waals surface area contributed by atoms with Gasteiger partial charge in [-0.3, -0.25) is 4.79 Å². The molecule has 0 atom stereocenters. The molecule has 3 rings (SSSR count). The minimum absolute atomic E-state index is 0.0438. The highest BCUT2D eigenvalue weighted by Crippen LogP contribution is 2.33. The number of carbonyl (C=O) groups excluding carboxylic acids is 1. The smallest absolute Gasteiger partial charge is 0.222 e. The maximum Gasteiger partial charge on any atom is 0.222 e. The summed E-state index contributed by atoms with van der Waals surface area (Å²) in [6, 6.07) is 13.5. The number of thioether (sulfide) groups is 1. The largest absolute Gasteiger partial charge is 0.496 e. The number of carbonyl (C=O) groups is 1. The van der Waals surface area contributed by atoms with Crippen molar-refractivity contribution in [2.75, 3.05) is 13.4 Å². The van der Waals surface area contributed by atoms with Crippen molar-refractivity contribution in [3.8, 4) is 11.8 Å². The van der Waals surface area contributed by atoms with Crippen molar-refractivity contribution in [3.05, 3.63) is 82.1 Å². The van der Waals surface area contributed by atoms with Crippen LogP contribution in [0.3, 0.4) is 0 Å². The lowest BCUT2D eigenvalue weighted by molar-refractivity contribution is 0.108. The normalized spacial score (nSPS) is 11.3. The summed E-state index contributed by atoms with van der Waals surface area (Å²) >= 11 is 1.16. The Kier molecular flexibility index (Phi) is 7.85. The number of benzene rings is 2. The molecule has 164 valence electrons. The minimum Gasteiger partial charge on any atom is -0.496 e. The molecule has 0 radical (unpaired) electrons. The number of allylic oxidation sites excluding steroid dienone is 1. The number of aryl methyl sites for hydroxylation is 3. The molecule has 0 fully saturated rings. The van der Waals surface area contributed by atoms with Gasteiger partial charge in [0.05, 0.1) is 24.3 Å². The van der Waals surface area contributed by atoms with Crippen molar-refractivity contribution in [1.29, 1.82) is 5.26 Å². The van der Waals surface area contributed by atoms with Crippen LogP contribution in [0, 0.1) is 25.2 Å². The zero-order chi connectivity index (χ0) is 23.1. The highest BCUT2D eigenvalue weighted by molar-refractivity contribution is 8.13. The Bertz CT molecular complexity index is 1170. The van der Waals surface area contributed by atoms with Gasteiger partial charge < -0.3 is 9.15 Å². The van der Waals surface area contributed by atoms with Gasteiger partial charge in [0.1, 0.15) is 5.75 Å². The Balaban J connectivity index is 1.98. The van der Waals surface area contributed by atoms with Crippen LogP contribution in [0.2, 0.25) is 0 Å². The first-order chi connectivity index (χ1) is 15.5. The average molecular weight is 448 g/mol. The van der Waals surface area contributed by atoms with Gasteiger partial charge in [-0.1, -0.05) is 30.0 Å². The number of rotatable bonds is 8. The van der Waals surface area contributed by atoms with Crippen LogP contribution in [-0.4, -0.2) is 28.7 Å². The summed E-state index contributed by atoms with van der Waals surface area (Å²) in [4.78, 5) is 12.6. The summed E-state index contributed by atoms with van der Waals surface area (Å²) in [5.41, 5.74) is 4.95. The standard InChI is InChI=1S/C25H25N3O3S/c1-16-13-20(14-22(24(16)30-3)25(29)32-4)21(19-11-9-18(15-26)10-12-19)7-5-6-8-23-28-27-17(2)31-23/h7,9-14H,5-6,8H2,1-4H3/b21-7+. The number of methoxy groups -OCH3 is 1. The predicted molar refractivity (Wildman–Crippen MR) is 126 cm³/mol. The first kappa shape index (κ1) is 23.3. The lowest BCUT2D eigenvalue weighted by atomic mass is 9.92. The molecule has 0 amide bonds. The van der Waals surface area contributed by atoms with Crippen LogP contribution in [0.1, 0.15) is 57.2 Å². The lowest BCUT2D eigenvalue weighted by Gasteiger charge is -2.15. The molecule has 0 saturated heterocycles. The summed E-state index contributed by atoms with van der Waals surface area (Å²) < 4.78 is 11.0. The second-order valence-electron chi connectivity index (χ2n) is 7.28. The van der Waals surface area contributed by atoms with Gasteiger partial charge in [0.25, 0.3) is 0 Å². The predicted octanol–water partition coefficient (Wildman–Crippen LogP) is 5.52. The van der Waals surface area contributed by atoms with Gasteiger partial charge in [-0.2, -0.15) is 5.26 Å². The van der Waals surface area contributed by atoms with E-state index in [4.69, 9.17) is 14.4 Å². The van der Waals surface area contributed by atoms with E-state index in [1.165, 1.54) is 0 Å². The van der Waals surface area contributed by atoms with E-state index < -0.39 is 0 Å². The fourth-order valence-corrected chi connectivity index (χ4v) is 3.90. The van der Waals surface area contributed by atoms with Gasteiger partial charge in [0.15, 0.2) is 0 Å². The highest BCUT2D eigenvalue weighted by Gasteiger charge is 2.17. The number of nitrogens with zero attached hydrogens (tertiary/aromatic N) is 3. The molecule has 0 aliphatic rings. The molecule has 1 heterocycles. The molecule has 0 saturated carbocycles. The Hall–Kier alpha value is -3.37. The number of unbranched alkanes of at least 4 members (excludes halogenated alkanes) is 1. The van der Waals surface area contributed by atoms with E-state index in [2.05, 4.69) is 22.3 Å². The third-order valence-corrected chi connectivity index (χ3v) is 5.62. The third-order valence-electron chi connectivity index (χ3n) is 5.03. The fraction of sp³-hybridized carbons (Fsp3) is 0.280. The van der Waals surface area contributed by atoms with Crippen LogP contribution in [-0.2, 0) is 6.42 Å². The monoisotopic (exact) mass is 447 g/mol. The van der Waals surface area contributed by atoms with Crippen LogP contribution in [0.4, 0.5) is 0 Å².